The summed E-state index contributed by atoms with van der Waals surface area (Å²) in [6, 6.07) is 5.59. The fraction of sp³-hybridized carbons (Fsp3) is 0.533. The first kappa shape index (κ1) is 15.1. The van der Waals surface area contributed by atoms with Gasteiger partial charge >= 0.3 is 0 Å². The highest BCUT2D eigenvalue weighted by Gasteiger charge is 2.21. The first-order valence-electron chi connectivity index (χ1n) is 6.88. The van der Waals surface area contributed by atoms with Crippen molar-refractivity contribution in [1.82, 2.24) is 5.32 Å². The van der Waals surface area contributed by atoms with E-state index in [0.717, 1.165) is 30.8 Å². The number of carbonyl (C=O) groups excluding carboxylic acids is 1. The summed E-state index contributed by atoms with van der Waals surface area (Å²) in [5, 5.41) is 3.61. The molecule has 20 heavy (non-hydrogen) atoms. The van der Waals surface area contributed by atoms with Crippen LogP contribution in [0, 0.1) is 5.92 Å². The second kappa shape index (κ2) is 7.50. The van der Waals surface area contributed by atoms with Gasteiger partial charge in [0, 0.05) is 18.2 Å². The van der Waals surface area contributed by atoms with Gasteiger partial charge in [0.2, 0.25) is 5.91 Å². The molecule has 1 aromatic carbocycles. The third-order valence-corrected chi connectivity index (χ3v) is 3.84. The van der Waals surface area contributed by atoms with Crippen LogP contribution in [-0.4, -0.2) is 32.8 Å². The van der Waals surface area contributed by atoms with Crippen molar-refractivity contribution in [3.05, 3.63) is 28.8 Å². The molecular weight excluding hydrogens is 278 g/mol. The molecule has 0 aromatic heterocycles. The van der Waals surface area contributed by atoms with Crippen LogP contribution >= 0.6 is 11.6 Å². The Balaban J connectivity index is 1.79. The van der Waals surface area contributed by atoms with E-state index < -0.39 is 0 Å². The zero-order chi connectivity index (χ0) is 14.4. The Labute approximate surface area is 124 Å². The SMILES string of the molecule is COc1ccc(CCNC(=O)[C@H]2CCCOC2)c(Cl)c1. The summed E-state index contributed by atoms with van der Waals surface area (Å²) in [5.74, 6) is 0.812. The number of hydrogen-bond donors (Lipinski definition) is 1. The lowest BCUT2D eigenvalue weighted by atomic mass is 10.0. The van der Waals surface area contributed by atoms with Crippen LogP contribution in [0.4, 0.5) is 0 Å². The molecule has 0 aliphatic carbocycles. The molecule has 1 N–H and O–H groups in total. The third-order valence-electron chi connectivity index (χ3n) is 3.48. The van der Waals surface area contributed by atoms with E-state index >= 15 is 0 Å². The zero-order valence-corrected chi connectivity index (χ0v) is 12.4. The topological polar surface area (TPSA) is 47.6 Å². The quantitative estimate of drug-likeness (QED) is 0.908. The molecule has 1 amide bonds. The summed E-state index contributed by atoms with van der Waals surface area (Å²) in [5.41, 5.74) is 1.01. The molecule has 1 saturated heterocycles. The molecule has 0 spiro atoms. The fourth-order valence-electron chi connectivity index (χ4n) is 2.27. The van der Waals surface area contributed by atoms with Gasteiger partial charge in [-0.15, -0.1) is 0 Å². The lowest BCUT2D eigenvalue weighted by molar-refractivity contribution is -0.128. The van der Waals surface area contributed by atoms with Gasteiger partial charge in [0.15, 0.2) is 0 Å². The van der Waals surface area contributed by atoms with E-state index in [1.54, 1.807) is 13.2 Å². The average Bonchev–Trinajstić information content (AvgIpc) is 2.49. The Kier molecular flexibility index (Phi) is 5.68. The molecule has 1 heterocycles. The molecule has 0 unspecified atom stereocenters. The van der Waals surface area contributed by atoms with E-state index in [9.17, 15) is 4.79 Å². The average molecular weight is 298 g/mol. The number of rotatable bonds is 5. The minimum absolute atomic E-state index is 0.00455. The molecule has 5 heteroatoms. The molecule has 1 aliphatic heterocycles. The van der Waals surface area contributed by atoms with Crippen molar-refractivity contribution in [1.29, 1.82) is 0 Å². The van der Waals surface area contributed by atoms with Crippen LogP contribution in [0.1, 0.15) is 18.4 Å². The second-order valence-electron chi connectivity index (χ2n) is 4.91. The van der Waals surface area contributed by atoms with Gasteiger partial charge in [-0.1, -0.05) is 17.7 Å². The Morgan fingerprint density at radius 1 is 1.55 bits per heavy atom. The van der Waals surface area contributed by atoms with E-state index in [1.165, 1.54) is 0 Å². The molecule has 1 aromatic rings. The fourth-order valence-corrected chi connectivity index (χ4v) is 2.53. The van der Waals surface area contributed by atoms with Crippen LogP contribution in [0.3, 0.4) is 0 Å². The van der Waals surface area contributed by atoms with E-state index in [0.29, 0.717) is 24.6 Å². The number of methoxy groups -OCH3 is 1. The molecule has 0 radical (unpaired) electrons. The maximum absolute atomic E-state index is 11.9. The van der Waals surface area contributed by atoms with Crippen LogP contribution in [0.15, 0.2) is 18.2 Å². The van der Waals surface area contributed by atoms with Crippen molar-refractivity contribution in [2.75, 3.05) is 26.9 Å². The van der Waals surface area contributed by atoms with Gasteiger partial charge in [-0.3, -0.25) is 4.79 Å². The van der Waals surface area contributed by atoms with Crippen LogP contribution in [0.2, 0.25) is 5.02 Å². The Morgan fingerprint density at radius 2 is 2.40 bits per heavy atom. The van der Waals surface area contributed by atoms with Gasteiger partial charge in [-0.2, -0.15) is 0 Å². The molecule has 2 rings (SSSR count). The predicted molar refractivity (Wildman–Crippen MR) is 78.3 cm³/mol. The maximum Gasteiger partial charge on any atom is 0.225 e. The largest absolute Gasteiger partial charge is 0.497 e. The summed E-state index contributed by atoms with van der Waals surface area (Å²) >= 11 is 6.16. The number of halogens is 1. The first-order chi connectivity index (χ1) is 9.70. The summed E-state index contributed by atoms with van der Waals surface area (Å²) < 4.78 is 10.4. The number of hydrogen-bond acceptors (Lipinski definition) is 3. The van der Waals surface area contributed by atoms with Crippen molar-refractivity contribution < 1.29 is 14.3 Å². The minimum Gasteiger partial charge on any atom is -0.497 e. The molecule has 0 bridgehead atoms. The van der Waals surface area contributed by atoms with E-state index in [-0.39, 0.29) is 11.8 Å². The highest BCUT2D eigenvalue weighted by molar-refractivity contribution is 6.31. The standard InChI is InChI=1S/C15H20ClNO3/c1-19-13-5-4-11(14(16)9-13)6-7-17-15(18)12-3-2-8-20-10-12/h4-5,9,12H,2-3,6-8,10H2,1H3,(H,17,18)/t12-/m0/s1. The molecule has 1 fully saturated rings. The van der Waals surface area contributed by atoms with Gasteiger partial charge < -0.3 is 14.8 Å². The monoisotopic (exact) mass is 297 g/mol. The van der Waals surface area contributed by atoms with Crippen LogP contribution < -0.4 is 10.1 Å². The highest BCUT2D eigenvalue weighted by Crippen LogP contribution is 2.22. The highest BCUT2D eigenvalue weighted by atomic mass is 35.5. The number of nitrogens with one attached hydrogen (secondary N) is 1. The maximum atomic E-state index is 11.9. The van der Waals surface area contributed by atoms with Gasteiger partial charge in [-0.25, -0.2) is 0 Å². The van der Waals surface area contributed by atoms with Gasteiger partial charge in [0.05, 0.1) is 19.6 Å². The van der Waals surface area contributed by atoms with Crippen molar-refractivity contribution in [3.8, 4) is 5.75 Å². The van der Waals surface area contributed by atoms with Gasteiger partial charge in [-0.05, 0) is 37.0 Å². The van der Waals surface area contributed by atoms with Crippen molar-refractivity contribution >= 4 is 17.5 Å². The summed E-state index contributed by atoms with van der Waals surface area (Å²) in [6.07, 6.45) is 2.58. The van der Waals surface area contributed by atoms with Crippen LogP contribution in [0.25, 0.3) is 0 Å². The lowest BCUT2D eigenvalue weighted by Crippen LogP contribution is -2.36. The third kappa shape index (κ3) is 4.12. The summed E-state index contributed by atoms with van der Waals surface area (Å²) in [6.45, 7) is 1.89. The van der Waals surface area contributed by atoms with Crippen LogP contribution in [-0.2, 0) is 16.0 Å². The van der Waals surface area contributed by atoms with E-state index in [4.69, 9.17) is 21.1 Å². The lowest BCUT2D eigenvalue weighted by Gasteiger charge is -2.21. The van der Waals surface area contributed by atoms with E-state index in [2.05, 4.69) is 5.32 Å². The normalized spacial score (nSPS) is 18.6. The van der Waals surface area contributed by atoms with Crippen molar-refractivity contribution in [3.63, 3.8) is 0 Å². The predicted octanol–water partition coefficient (Wildman–Crippen LogP) is 2.43. The number of benzene rings is 1. The summed E-state index contributed by atoms with van der Waals surface area (Å²) in [4.78, 5) is 11.9. The van der Waals surface area contributed by atoms with E-state index in [1.807, 2.05) is 12.1 Å². The Morgan fingerprint density at radius 3 is 3.05 bits per heavy atom. The number of amides is 1. The molecular formula is C15H20ClNO3. The minimum atomic E-state index is -0.00455. The Hall–Kier alpha value is -1.26. The second-order valence-corrected chi connectivity index (χ2v) is 5.32. The Bertz CT molecular complexity index is 458. The molecule has 1 atom stereocenters. The van der Waals surface area contributed by atoms with Gasteiger partial charge in [0.1, 0.15) is 5.75 Å². The van der Waals surface area contributed by atoms with Crippen LogP contribution in [0.5, 0.6) is 5.75 Å². The first-order valence-corrected chi connectivity index (χ1v) is 7.26. The number of carbonyl (C=O) groups is 1. The van der Waals surface area contributed by atoms with Gasteiger partial charge in [0.25, 0.3) is 0 Å². The summed E-state index contributed by atoms with van der Waals surface area (Å²) in [7, 11) is 1.61. The molecule has 1 aliphatic rings. The molecule has 110 valence electrons. The zero-order valence-electron chi connectivity index (χ0n) is 11.7. The van der Waals surface area contributed by atoms with Crippen molar-refractivity contribution in [2.45, 2.75) is 19.3 Å². The molecule has 0 saturated carbocycles. The number of ether oxygens (including phenoxy) is 2. The molecule has 4 nitrogen and oxygen atoms in total. The smallest absolute Gasteiger partial charge is 0.225 e. The van der Waals surface area contributed by atoms with Crippen molar-refractivity contribution in [2.24, 2.45) is 5.92 Å².